The van der Waals surface area contributed by atoms with E-state index in [0.717, 1.165) is 46.7 Å². The fraction of sp³-hybridized carbons (Fsp3) is 0.481. The number of imidazole rings is 1. The molecule has 0 aromatic carbocycles. The molecular formula is C27H34N4O5. The molecule has 1 N–H and O–H groups in total. The summed E-state index contributed by atoms with van der Waals surface area (Å²) in [4.78, 5) is 35.1. The molecule has 0 bridgehead atoms. The van der Waals surface area contributed by atoms with Gasteiger partial charge in [0.25, 0.3) is 0 Å². The lowest BCUT2D eigenvalue weighted by molar-refractivity contribution is -0.142. The average Bonchev–Trinajstić information content (AvgIpc) is 3.21. The molecule has 1 amide bonds. The molecule has 192 valence electrons. The predicted molar refractivity (Wildman–Crippen MR) is 135 cm³/mol. The molecule has 0 saturated carbocycles. The molecule has 3 aromatic heterocycles. The van der Waals surface area contributed by atoms with E-state index in [1.807, 2.05) is 48.7 Å². The number of pyridine rings is 2. The van der Waals surface area contributed by atoms with E-state index in [0.29, 0.717) is 38.2 Å². The molecule has 1 unspecified atom stereocenters. The van der Waals surface area contributed by atoms with Crippen LogP contribution in [0.2, 0.25) is 0 Å². The van der Waals surface area contributed by atoms with Crippen molar-refractivity contribution in [3.05, 3.63) is 53.1 Å². The van der Waals surface area contributed by atoms with Gasteiger partial charge >= 0.3 is 12.1 Å². The standard InChI is InChI=1S/C27H34N4O5/c1-5-6-7-21(26(32)35-4)22-9-8-20(18(3)28-22)25-23(31-11-10-17(2)14-24(31)29-25)15-19-16-30(27(33)34)12-13-36-19/h8-11,14,19,21H,5-7,12-13,15-16H2,1-4H3,(H,33,34)/t19-,21?/m0/s1. The van der Waals surface area contributed by atoms with Gasteiger partial charge in [-0.15, -0.1) is 0 Å². The van der Waals surface area contributed by atoms with Crippen LogP contribution in [0.4, 0.5) is 4.79 Å². The van der Waals surface area contributed by atoms with Crippen molar-refractivity contribution in [3.63, 3.8) is 0 Å². The largest absolute Gasteiger partial charge is 0.469 e. The second-order valence-electron chi connectivity index (χ2n) is 9.35. The number of aryl methyl sites for hydroxylation is 2. The van der Waals surface area contributed by atoms with Gasteiger partial charge in [-0.2, -0.15) is 0 Å². The van der Waals surface area contributed by atoms with Gasteiger partial charge in [-0.3, -0.25) is 9.78 Å². The first-order chi connectivity index (χ1) is 17.3. The molecule has 1 fully saturated rings. The second-order valence-corrected chi connectivity index (χ2v) is 9.35. The molecule has 4 rings (SSSR count). The van der Waals surface area contributed by atoms with E-state index < -0.39 is 12.0 Å². The maximum Gasteiger partial charge on any atom is 0.407 e. The van der Waals surface area contributed by atoms with Crippen LogP contribution < -0.4 is 0 Å². The number of rotatable bonds is 8. The molecule has 0 spiro atoms. The average molecular weight is 495 g/mol. The number of carbonyl (C=O) groups is 2. The van der Waals surface area contributed by atoms with Crippen LogP contribution in [-0.4, -0.2) is 69.3 Å². The van der Waals surface area contributed by atoms with Crippen LogP contribution in [0.5, 0.6) is 0 Å². The Balaban J connectivity index is 1.73. The summed E-state index contributed by atoms with van der Waals surface area (Å²) in [6, 6.07) is 7.91. The molecule has 1 aliphatic rings. The summed E-state index contributed by atoms with van der Waals surface area (Å²) in [5.41, 5.74) is 5.98. The fourth-order valence-electron chi connectivity index (χ4n) is 4.80. The minimum Gasteiger partial charge on any atom is -0.469 e. The number of esters is 1. The normalized spacial score (nSPS) is 16.8. The van der Waals surface area contributed by atoms with Crippen molar-refractivity contribution in [2.45, 2.75) is 58.5 Å². The number of ether oxygens (including phenoxy) is 2. The highest BCUT2D eigenvalue weighted by Crippen LogP contribution is 2.31. The van der Waals surface area contributed by atoms with Gasteiger partial charge in [0, 0.05) is 30.4 Å². The highest BCUT2D eigenvalue weighted by Gasteiger charge is 2.28. The molecule has 1 saturated heterocycles. The Hall–Kier alpha value is -3.46. The van der Waals surface area contributed by atoms with E-state index >= 15 is 0 Å². The summed E-state index contributed by atoms with van der Waals surface area (Å²) < 4.78 is 13.0. The molecule has 3 aromatic rings. The Morgan fingerprint density at radius 1 is 1.25 bits per heavy atom. The second kappa shape index (κ2) is 11.1. The Bertz CT molecular complexity index is 1250. The van der Waals surface area contributed by atoms with Gasteiger partial charge < -0.3 is 23.9 Å². The summed E-state index contributed by atoms with van der Waals surface area (Å²) >= 11 is 0. The van der Waals surface area contributed by atoms with E-state index in [9.17, 15) is 14.7 Å². The van der Waals surface area contributed by atoms with Crippen LogP contribution in [-0.2, 0) is 20.7 Å². The van der Waals surface area contributed by atoms with Gasteiger partial charge in [-0.25, -0.2) is 9.78 Å². The Labute approximate surface area is 211 Å². The number of fused-ring (bicyclic) bond motifs is 1. The lowest BCUT2D eigenvalue weighted by Crippen LogP contribution is -2.45. The smallest absolute Gasteiger partial charge is 0.407 e. The van der Waals surface area contributed by atoms with E-state index in [1.165, 1.54) is 12.0 Å². The van der Waals surface area contributed by atoms with Crippen LogP contribution in [0.1, 0.15) is 54.7 Å². The number of nitrogens with zero attached hydrogens (tertiary/aromatic N) is 4. The van der Waals surface area contributed by atoms with Gasteiger partial charge in [0.1, 0.15) is 5.65 Å². The van der Waals surface area contributed by atoms with E-state index in [1.54, 1.807) is 0 Å². The number of hydrogen-bond acceptors (Lipinski definition) is 6. The first-order valence-electron chi connectivity index (χ1n) is 12.4. The van der Waals surface area contributed by atoms with Gasteiger partial charge in [0.15, 0.2) is 0 Å². The molecule has 2 atom stereocenters. The van der Waals surface area contributed by atoms with Crippen molar-refractivity contribution in [2.75, 3.05) is 26.8 Å². The zero-order valence-electron chi connectivity index (χ0n) is 21.4. The first-order valence-corrected chi connectivity index (χ1v) is 12.4. The van der Waals surface area contributed by atoms with Crippen LogP contribution in [0.3, 0.4) is 0 Å². The summed E-state index contributed by atoms with van der Waals surface area (Å²) in [7, 11) is 1.41. The lowest BCUT2D eigenvalue weighted by atomic mass is 9.96. The summed E-state index contributed by atoms with van der Waals surface area (Å²) in [5.74, 6) is -0.673. The SMILES string of the molecule is CCCCC(C(=O)OC)c1ccc(-c2nc3cc(C)ccn3c2C[C@H]2CN(C(=O)O)CCO2)c(C)n1. The zero-order valence-corrected chi connectivity index (χ0v) is 21.4. The molecule has 0 aliphatic carbocycles. The predicted octanol–water partition coefficient (Wildman–Crippen LogP) is 4.38. The van der Waals surface area contributed by atoms with Crippen LogP contribution in [0.15, 0.2) is 30.5 Å². The van der Waals surface area contributed by atoms with E-state index in [2.05, 4.69) is 6.92 Å². The third-order valence-electron chi connectivity index (χ3n) is 6.76. The number of aromatic nitrogens is 3. The quantitative estimate of drug-likeness (QED) is 0.463. The minimum absolute atomic E-state index is 0.274. The maximum atomic E-state index is 12.4. The van der Waals surface area contributed by atoms with Gasteiger partial charge in [-0.05, 0) is 50.1 Å². The van der Waals surface area contributed by atoms with Gasteiger partial charge in [0.05, 0.1) is 49.4 Å². The molecule has 4 heterocycles. The van der Waals surface area contributed by atoms with Crippen LogP contribution >= 0.6 is 0 Å². The number of hydrogen-bond donors (Lipinski definition) is 1. The number of unbranched alkanes of at least 4 members (excludes halogenated alkanes) is 1. The molecule has 1 aliphatic heterocycles. The Morgan fingerprint density at radius 3 is 2.75 bits per heavy atom. The van der Waals surface area contributed by atoms with Crippen molar-refractivity contribution in [3.8, 4) is 11.3 Å². The summed E-state index contributed by atoms with van der Waals surface area (Å²) in [5, 5.41) is 9.45. The highest BCUT2D eigenvalue weighted by atomic mass is 16.5. The number of amides is 1. The fourth-order valence-corrected chi connectivity index (χ4v) is 4.80. The zero-order chi connectivity index (χ0) is 25.8. The third-order valence-corrected chi connectivity index (χ3v) is 6.76. The number of methoxy groups -OCH3 is 1. The van der Waals surface area contributed by atoms with Crippen LogP contribution in [0.25, 0.3) is 16.9 Å². The molecule has 9 nitrogen and oxygen atoms in total. The van der Waals surface area contributed by atoms with E-state index in [4.69, 9.17) is 19.4 Å². The maximum absolute atomic E-state index is 12.4. The first kappa shape index (κ1) is 25.6. The molecule has 36 heavy (non-hydrogen) atoms. The third kappa shape index (κ3) is 5.36. The van der Waals surface area contributed by atoms with Gasteiger partial charge in [-0.1, -0.05) is 19.8 Å². The molecular weight excluding hydrogens is 460 g/mol. The Kier molecular flexibility index (Phi) is 7.88. The minimum atomic E-state index is -0.934. The van der Waals surface area contributed by atoms with Crippen molar-refractivity contribution in [1.82, 2.24) is 19.3 Å². The lowest BCUT2D eigenvalue weighted by Gasteiger charge is -2.31. The van der Waals surface area contributed by atoms with Crippen molar-refractivity contribution >= 4 is 17.7 Å². The van der Waals surface area contributed by atoms with E-state index in [-0.39, 0.29) is 12.1 Å². The Morgan fingerprint density at radius 2 is 2.06 bits per heavy atom. The monoisotopic (exact) mass is 494 g/mol. The summed E-state index contributed by atoms with van der Waals surface area (Å²) in [6.45, 7) is 7.08. The van der Waals surface area contributed by atoms with Crippen molar-refractivity contribution in [1.29, 1.82) is 0 Å². The number of carbonyl (C=O) groups excluding carboxylic acids is 1. The molecule has 0 radical (unpaired) electrons. The van der Waals surface area contributed by atoms with Gasteiger partial charge in [0.2, 0.25) is 0 Å². The van der Waals surface area contributed by atoms with Crippen molar-refractivity contribution < 1.29 is 24.2 Å². The highest BCUT2D eigenvalue weighted by molar-refractivity contribution is 5.78. The number of carboxylic acid groups (broad SMARTS) is 1. The summed E-state index contributed by atoms with van der Waals surface area (Å²) in [6.07, 6.45) is 3.86. The topological polar surface area (TPSA) is 106 Å². The number of morpholine rings is 1. The molecule has 9 heteroatoms. The van der Waals surface area contributed by atoms with Crippen LogP contribution in [0, 0.1) is 13.8 Å². The van der Waals surface area contributed by atoms with Crippen molar-refractivity contribution in [2.24, 2.45) is 0 Å².